The van der Waals surface area contributed by atoms with Gasteiger partial charge in [-0.25, -0.2) is 4.98 Å². The highest BCUT2D eigenvalue weighted by Crippen LogP contribution is 2.43. The molecule has 3 aromatic rings. The van der Waals surface area contributed by atoms with Crippen molar-refractivity contribution in [3.05, 3.63) is 81.9 Å². The lowest BCUT2D eigenvalue weighted by Gasteiger charge is -2.23. The second-order valence-electron chi connectivity index (χ2n) is 7.85. The van der Waals surface area contributed by atoms with Gasteiger partial charge < -0.3 is 9.84 Å². The number of fused-ring (bicyclic) bond motifs is 1. The number of aromatic nitrogens is 1. The first-order valence-electron chi connectivity index (χ1n) is 10.0. The summed E-state index contributed by atoms with van der Waals surface area (Å²) in [5, 5.41) is 13.4. The number of aliphatic hydroxyl groups is 1. The molecule has 1 N–H and O–H groups in total. The van der Waals surface area contributed by atoms with Crippen LogP contribution in [0.3, 0.4) is 0 Å². The molecule has 0 radical (unpaired) electrons. The van der Waals surface area contributed by atoms with Gasteiger partial charge in [-0.15, -0.1) is 11.3 Å². The van der Waals surface area contributed by atoms with Gasteiger partial charge in [0.2, 0.25) is 0 Å². The lowest BCUT2D eigenvalue weighted by molar-refractivity contribution is -0.132. The van der Waals surface area contributed by atoms with E-state index in [1.165, 1.54) is 16.2 Å². The molecule has 0 saturated carbocycles. The highest BCUT2D eigenvalue weighted by Gasteiger charge is 2.48. The summed E-state index contributed by atoms with van der Waals surface area (Å²) >= 11 is 1.27. The van der Waals surface area contributed by atoms with Crippen LogP contribution in [0.15, 0.2) is 59.6 Å². The van der Waals surface area contributed by atoms with Crippen molar-refractivity contribution in [3.8, 4) is 5.75 Å². The third-order valence-electron chi connectivity index (χ3n) is 5.63. The van der Waals surface area contributed by atoms with Crippen LogP contribution in [0.25, 0.3) is 5.76 Å². The Bertz CT molecular complexity index is 1210. The van der Waals surface area contributed by atoms with Crippen LogP contribution in [0.1, 0.15) is 35.2 Å². The molecule has 2 atom stereocenters. The van der Waals surface area contributed by atoms with E-state index < -0.39 is 17.7 Å². The van der Waals surface area contributed by atoms with Crippen LogP contribution in [0, 0.1) is 6.92 Å². The Labute approximate surface area is 183 Å². The van der Waals surface area contributed by atoms with Crippen molar-refractivity contribution in [2.24, 2.45) is 0 Å². The van der Waals surface area contributed by atoms with Gasteiger partial charge in [-0.3, -0.25) is 14.5 Å². The molecule has 1 amide bonds. The van der Waals surface area contributed by atoms with E-state index in [0.717, 1.165) is 28.9 Å². The Morgan fingerprint density at radius 3 is 2.68 bits per heavy atom. The number of ether oxygens (including phenoxy) is 1. The maximum Gasteiger partial charge on any atom is 0.301 e. The van der Waals surface area contributed by atoms with Crippen LogP contribution in [0.5, 0.6) is 5.75 Å². The molecule has 1 saturated heterocycles. The highest BCUT2D eigenvalue weighted by molar-refractivity contribution is 7.14. The summed E-state index contributed by atoms with van der Waals surface area (Å²) in [5.74, 6) is -0.823. The minimum Gasteiger partial charge on any atom is -0.507 e. The Hall–Kier alpha value is -3.45. The molecule has 2 unspecified atom stereocenters. The molecule has 0 spiro atoms. The van der Waals surface area contributed by atoms with Gasteiger partial charge in [0.15, 0.2) is 5.13 Å². The van der Waals surface area contributed by atoms with Gasteiger partial charge in [0.05, 0.1) is 11.6 Å². The number of ketones is 1. The zero-order valence-electron chi connectivity index (χ0n) is 17.0. The van der Waals surface area contributed by atoms with Crippen LogP contribution in [0.4, 0.5) is 5.13 Å². The summed E-state index contributed by atoms with van der Waals surface area (Å²) in [5.41, 5.74) is 3.32. The second kappa shape index (κ2) is 7.35. The van der Waals surface area contributed by atoms with Crippen molar-refractivity contribution in [2.45, 2.75) is 32.4 Å². The number of benzene rings is 2. The molecule has 0 bridgehead atoms. The Balaban J connectivity index is 1.68. The number of aryl methyl sites for hydroxylation is 1. The monoisotopic (exact) mass is 432 g/mol. The number of carbonyl (C=O) groups is 2. The van der Waals surface area contributed by atoms with Crippen molar-refractivity contribution < 1.29 is 19.4 Å². The molecule has 0 aliphatic carbocycles. The molecule has 31 heavy (non-hydrogen) atoms. The number of Topliss-reactive ketones (excluding diaryl/α,β-unsaturated/α-hetero) is 1. The summed E-state index contributed by atoms with van der Waals surface area (Å²) in [6, 6.07) is 12.2. The molecule has 6 nitrogen and oxygen atoms in total. The number of hydrogen-bond acceptors (Lipinski definition) is 6. The summed E-state index contributed by atoms with van der Waals surface area (Å²) < 4.78 is 5.74. The number of aliphatic hydroxyl groups excluding tert-OH is 1. The van der Waals surface area contributed by atoms with E-state index in [0.29, 0.717) is 10.7 Å². The lowest BCUT2D eigenvalue weighted by atomic mass is 9.94. The largest absolute Gasteiger partial charge is 0.507 e. The van der Waals surface area contributed by atoms with Crippen LogP contribution in [0.2, 0.25) is 0 Å². The SMILES string of the molecule is Cc1ccc(C2/C(=C(\O)c3ccc4c(c3)CC(C)O4)C(=O)C(=O)N2c2nccs2)cc1. The number of thiazole rings is 1. The number of amides is 1. The predicted molar refractivity (Wildman–Crippen MR) is 118 cm³/mol. The minimum atomic E-state index is -0.754. The van der Waals surface area contributed by atoms with Gasteiger partial charge in [-0.2, -0.15) is 0 Å². The first-order chi connectivity index (χ1) is 14.9. The molecule has 5 rings (SSSR count). The molecule has 1 aromatic heterocycles. The molecular weight excluding hydrogens is 412 g/mol. The zero-order chi connectivity index (χ0) is 21.7. The van der Waals surface area contributed by atoms with E-state index in [4.69, 9.17) is 4.74 Å². The molecule has 2 aliphatic heterocycles. The molecule has 156 valence electrons. The van der Waals surface area contributed by atoms with E-state index in [2.05, 4.69) is 4.98 Å². The van der Waals surface area contributed by atoms with Gasteiger partial charge in [0, 0.05) is 23.6 Å². The lowest BCUT2D eigenvalue weighted by Crippen LogP contribution is -2.29. The van der Waals surface area contributed by atoms with Crippen LogP contribution >= 0.6 is 11.3 Å². The highest BCUT2D eigenvalue weighted by atomic mass is 32.1. The smallest absolute Gasteiger partial charge is 0.301 e. The maximum atomic E-state index is 13.1. The predicted octanol–water partition coefficient (Wildman–Crippen LogP) is 4.40. The maximum absolute atomic E-state index is 13.1. The molecule has 3 heterocycles. The molecule has 1 fully saturated rings. The molecule has 2 aromatic carbocycles. The summed E-state index contributed by atoms with van der Waals surface area (Å²) in [6.45, 7) is 3.95. The van der Waals surface area contributed by atoms with Gasteiger partial charge in [0.25, 0.3) is 5.78 Å². The minimum absolute atomic E-state index is 0.0652. The number of carbonyl (C=O) groups excluding carboxylic acids is 2. The standard InChI is InChI=1S/C24H20N2O4S/c1-13-3-5-15(6-4-13)20-19(22(28)23(29)26(20)24-25-9-10-31-24)21(27)16-7-8-18-17(12-16)11-14(2)30-18/h3-10,12,14,20,27H,11H2,1-2H3/b21-19+. The van der Waals surface area contributed by atoms with Crippen molar-refractivity contribution in [1.29, 1.82) is 0 Å². The van der Waals surface area contributed by atoms with Crippen LogP contribution in [-0.4, -0.2) is 27.9 Å². The molecule has 7 heteroatoms. The number of anilines is 1. The van der Waals surface area contributed by atoms with Crippen LogP contribution < -0.4 is 9.64 Å². The average Bonchev–Trinajstić information content (AvgIpc) is 3.46. The first kappa shape index (κ1) is 19.5. The van der Waals surface area contributed by atoms with Gasteiger partial charge in [-0.05, 0) is 43.2 Å². The van der Waals surface area contributed by atoms with E-state index in [9.17, 15) is 14.7 Å². The van der Waals surface area contributed by atoms with E-state index in [-0.39, 0.29) is 17.4 Å². The van der Waals surface area contributed by atoms with E-state index in [1.807, 2.05) is 44.2 Å². The van der Waals surface area contributed by atoms with Gasteiger partial charge in [-0.1, -0.05) is 29.8 Å². The normalized spacial score (nSPS) is 21.9. The summed E-state index contributed by atoms with van der Waals surface area (Å²) in [4.78, 5) is 31.7. The van der Waals surface area contributed by atoms with Gasteiger partial charge in [0.1, 0.15) is 17.6 Å². The van der Waals surface area contributed by atoms with Crippen molar-refractivity contribution in [2.75, 3.05) is 4.90 Å². The molecule has 2 aliphatic rings. The third kappa shape index (κ3) is 3.21. The fourth-order valence-corrected chi connectivity index (χ4v) is 4.82. The Morgan fingerprint density at radius 1 is 1.19 bits per heavy atom. The number of hydrogen-bond donors (Lipinski definition) is 1. The summed E-state index contributed by atoms with van der Waals surface area (Å²) in [6.07, 6.45) is 2.38. The van der Waals surface area contributed by atoms with Crippen molar-refractivity contribution >= 4 is 33.9 Å². The van der Waals surface area contributed by atoms with Crippen molar-refractivity contribution in [1.82, 2.24) is 4.98 Å². The zero-order valence-corrected chi connectivity index (χ0v) is 17.8. The average molecular weight is 433 g/mol. The quantitative estimate of drug-likeness (QED) is 0.377. The Morgan fingerprint density at radius 2 is 1.97 bits per heavy atom. The topological polar surface area (TPSA) is 79.7 Å². The van der Waals surface area contributed by atoms with Crippen molar-refractivity contribution in [3.63, 3.8) is 0 Å². The second-order valence-corrected chi connectivity index (χ2v) is 8.72. The van der Waals surface area contributed by atoms with E-state index >= 15 is 0 Å². The van der Waals surface area contributed by atoms with Crippen LogP contribution in [-0.2, 0) is 16.0 Å². The van der Waals surface area contributed by atoms with Gasteiger partial charge >= 0.3 is 5.91 Å². The summed E-state index contributed by atoms with van der Waals surface area (Å²) in [7, 11) is 0. The number of nitrogens with zero attached hydrogens (tertiary/aromatic N) is 2. The van der Waals surface area contributed by atoms with E-state index in [1.54, 1.807) is 23.7 Å². The fourth-order valence-electron chi connectivity index (χ4n) is 4.15. The fraction of sp³-hybridized carbons (Fsp3) is 0.208. The Kier molecular flexibility index (Phi) is 4.63. The first-order valence-corrected chi connectivity index (χ1v) is 10.9. The third-order valence-corrected chi connectivity index (χ3v) is 6.40. The number of rotatable bonds is 3. The molecular formula is C24H20N2O4S.